The molecule has 160 valence electrons. The number of aliphatic carboxylic acids is 1. The van der Waals surface area contributed by atoms with E-state index in [1.807, 2.05) is 49.6 Å². The molecule has 0 bridgehead atoms. The maximum absolute atomic E-state index is 12.1. The van der Waals surface area contributed by atoms with Crippen molar-refractivity contribution in [3.8, 4) is 11.4 Å². The van der Waals surface area contributed by atoms with Gasteiger partial charge in [-0.2, -0.15) is 5.10 Å². The Morgan fingerprint density at radius 1 is 1.19 bits per heavy atom. The molecule has 0 saturated heterocycles. The first-order chi connectivity index (χ1) is 14.7. The maximum atomic E-state index is 12.1. The molecule has 0 fully saturated rings. The molecule has 4 aromatic rings. The molecule has 1 amide bonds. The zero-order valence-electron chi connectivity index (χ0n) is 17.9. The Morgan fingerprint density at radius 3 is 2.65 bits per heavy atom. The summed E-state index contributed by atoms with van der Waals surface area (Å²) in [6.45, 7) is 6.06. The summed E-state index contributed by atoms with van der Waals surface area (Å²) in [7, 11) is 1.58. The third-order valence-electron chi connectivity index (χ3n) is 5.56. The molecule has 2 aromatic carbocycles. The molecule has 4 rings (SSSR count). The fourth-order valence-electron chi connectivity index (χ4n) is 3.93. The topological polar surface area (TPSA) is 113 Å². The Kier molecular flexibility index (Phi) is 5.00. The van der Waals surface area contributed by atoms with Crippen LogP contribution < -0.4 is 5.32 Å². The van der Waals surface area contributed by atoms with Crippen LogP contribution in [0.1, 0.15) is 43.6 Å². The minimum absolute atomic E-state index is 0.0501. The molecule has 1 atom stereocenters. The second-order valence-electron chi connectivity index (χ2n) is 8.74. The van der Waals surface area contributed by atoms with Gasteiger partial charge in [0.1, 0.15) is 5.82 Å². The Morgan fingerprint density at radius 2 is 1.97 bits per heavy atom. The van der Waals surface area contributed by atoms with Gasteiger partial charge in [-0.3, -0.25) is 14.7 Å². The average Bonchev–Trinajstić information content (AvgIpc) is 3.33. The van der Waals surface area contributed by atoms with Crippen molar-refractivity contribution in [1.29, 1.82) is 0 Å². The number of hydrogen-bond donors (Lipinski definition) is 3. The first-order valence-corrected chi connectivity index (χ1v) is 10.1. The summed E-state index contributed by atoms with van der Waals surface area (Å²) in [6.07, 6.45) is 1.70. The number of rotatable bonds is 5. The molecule has 0 radical (unpaired) electrons. The number of aromatic amines is 1. The van der Waals surface area contributed by atoms with Crippen molar-refractivity contribution in [3.05, 3.63) is 48.2 Å². The predicted molar refractivity (Wildman–Crippen MR) is 119 cm³/mol. The van der Waals surface area contributed by atoms with Crippen LogP contribution in [0.15, 0.2) is 42.6 Å². The highest BCUT2D eigenvalue weighted by Crippen LogP contribution is 2.40. The van der Waals surface area contributed by atoms with E-state index >= 15 is 0 Å². The van der Waals surface area contributed by atoms with Crippen molar-refractivity contribution in [2.45, 2.75) is 33.2 Å². The minimum atomic E-state index is -0.876. The molecular weight excluding hydrogens is 394 g/mol. The first-order valence-electron chi connectivity index (χ1n) is 10.1. The van der Waals surface area contributed by atoms with Crippen LogP contribution in [0.25, 0.3) is 33.3 Å². The minimum Gasteiger partial charge on any atom is -0.481 e. The van der Waals surface area contributed by atoms with Gasteiger partial charge in [0.2, 0.25) is 0 Å². The van der Waals surface area contributed by atoms with Crippen LogP contribution in [-0.4, -0.2) is 43.8 Å². The van der Waals surface area contributed by atoms with Gasteiger partial charge in [0, 0.05) is 23.6 Å². The Labute approximate surface area is 179 Å². The largest absolute Gasteiger partial charge is 0.481 e. The molecule has 8 nitrogen and oxygen atoms in total. The second-order valence-corrected chi connectivity index (χ2v) is 8.74. The lowest BCUT2D eigenvalue weighted by molar-refractivity contribution is -0.138. The molecule has 3 N–H and O–H groups in total. The van der Waals surface area contributed by atoms with Gasteiger partial charge in [0.25, 0.3) is 5.91 Å². The summed E-state index contributed by atoms with van der Waals surface area (Å²) in [5, 5.41) is 20.3. The number of carboxylic acids is 1. The van der Waals surface area contributed by atoms with Gasteiger partial charge in [-0.1, -0.05) is 32.9 Å². The molecule has 8 heteroatoms. The number of benzene rings is 2. The van der Waals surface area contributed by atoms with Crippen LogP contribution in [-0.2, 0) is 4.79 Å². The molecular formula is C23H25N5O3. The number of nitrogens with zero attached hydrogens (tertiary/aromatic N) is 3. The zero-order chi connectivity index (χ0) is 22.3. The highest BCUT2D eigenvalue weighted by atomic mass is 16.4. The predicted octanol–water partition coefficient (Wildman–Crippen LogP) is 4.00. The van der Waals surface area contributed by atoms with Crippen molar-refractivity contribution >= 4 is 33.8 Å². The molecule has 31 heavy (non-hydrogen) atoms. The average molecular weight is 419 g/mol. The number of carbonyl (C=O) groups is 2. The molecule has 0 aliphatic heterocycles. The van der Waals surface area contributed by atoms with Gasteiger partial charge in [-0.15, -0.1) is 0 Å². The highest BCUT2D eigenvalue weighted by Gasteiger charge is 2.32. The molecule has 0 saturated carbocycles. The lowest BCUT2D eigenvalue weighted by Crippen LogP contribution is -2.27. The van der Waals surface area contributed by atoms with Crippen LogP contribution in [0, 0.1) is 5.41 Å². The van der Waals surface area contributed by atoms with E-state index in [0.717, 1.165) is 22.0 Å². The summed E-state index contributed by atoms with van der Waals surface area (Å²) < 4.78 is 1.99. The summed E-state index contributed by atoms with van der Waals surface area (Å²) in [5.74, 6) is -0.421. The Bertz CT molecular complexity index is 1300. The zero-order valence-corrected chi connectivity index (χ0v) is 17.9. The van der Waals surface area contributed by atoms with Crippen LogP contribution in [0.2, 0.25) is 0 Å². The van der Waals surface area contributed by atoms with Crippen molar-refractivity contribution in [2.24, 2.45) is 5.41 Å². The van der Waals surface area contributed by atoms with E-state index in [9.17, 15) is 14.7 Å². The summed E-state index contributed by atoms with van der Waals surface area (Å²) in [4.78, 5) is 28.7. The number of hydrogen-bond acceptors (Lipinski definition) is 4. The normalized spacial score (nSPS) is 12.9. The fourth-order valence-corrected chi connectivity index (χ4v) is 3.93. The Hall–Kier alpha value is -3.68. The molecule has 0 spiro atoms. The van der Waals surface area contributed by atoms with Crippen molar-refractivity contribution in [3.63, 3.8) is 0 Å². The van der Waals surface area contributed by atoms with E-state index < -0.39 is 5.97 Å². The Balaban J connectivity index is 2.01. The van der Waals surface area contributed by atoms with Gasteiger partial charge in [0.15, 0.2) is 0 Å². The first kappa shape index (κ1) is 20.6. The number of nitrogens with one attached hydrogen (secondary N) is 2. The van der Waals surface area contributed by atoms with Crippen molar-refractivity contribution < 1.29 is 14.7 Å². The van der Waals surface area contributed by atoms with Crippen LogP contribution in [0.5, 0.6) is 0 Å². The molecule has 2 heterocycles. The summed E-state index contributed by atoms with van der Waals surface area (Å²) in [5.41, 5.74) is 3.29. The summed E-state index contributed by atoms with van der Waals surface area (Å²) >= 11 is 0. The maximum Gasteiger partial charge on any atom is 0.305 e. The van der Waals surface area contributed by atoms with E-state index in [1.54, 1.807) is 25.4 Å². The van der Waals surface area contributed by atoms with Crippen LogP contribution >= 0.6 is 0 Å². The van der Waals surface area contributed by atoms with Crippen molar-refractivity contribution in [1.82, 2.24) is 25.1 Å². The third kappa shape index (κ3) is 3.76. The van der Waals surface area contributed by atoms with Gasteiger partial charge in [0.05, 0.1) is 35.2 Å². The SMILES string of the molecule is CNC(=O)c1ccc2c(c1)nc(-c1ccc3cn[nH]c3c1)n2[C@@H](CC(=O)O)C(C)(C)C. The van der Waals surface area contributed by atoms with E-state index in [4.69, 9.17) is 4.98 Å². The van der Waals surface area contributed by atoms with E-state index in [0.29, 0.717) is 16.9 Å². The molecule has 2 aromatic heterocycles. The number of amides is 1. The van der Waals surface area contributed by atoms with Crippen LogP contribution in [0.4, 0.5) is 0 Å². The fraction of sp³-hybridized carbons (Fsp3) is 0.304. The lowest BCUT2D eigenvalue weighted by atomic mass is 9.84. The number of H-pyrrole nitrogens is 1. The highest BCUT2D eigenvalue weighted by molar-refractivity contribution is 5.98. The number of fused-ring (bicyclic) bond motifs is 2. The van der Waals surface area contributed by atoms with E-state index in [2.05, 4.69) is 15.5 Å². The molecule has 0 aliphatic rings. The molecule has 0 unspecified atom stereocenters. The van der Waals surface area contributed by atoms with Gasteiger partial charge in [-0.25, -0.2) is 4.98 Å². The van der Waals surface area contributed by atoms with Gasteiger partial charge < -0.3 is 15.0 Å². The summed E-state index contributed by atoms with van der Waals surface area (Å²) in [6, 6.07) is 10.8. The number of aromatic nitrogens is 4. The molecule has 0 aliphatic carbocycles. The number of carbonyl (C=O) groups excluding carboxylic acids is 1. The van der Waals surface area contributed by atoms with Gasteiger partial charge >= 0.3 is 5.97 Å². The van der Waals surface area contributed by atoms with Crippen LogP contribution in [0.3, 0.4) is 0 Å². The van der Waals surface area contributed by atoms with Gasteiger partial charge in [-0.05, 0) is 29.7 Å². The smallest absolute Gasteiger partial charge is 0.305 e. The number of carboxylic acid groups (broad SMARTS) is 1. The van der Waals surface area contributed by atoms with E-state index in [1.165, 1.54) is 0 Å². The quantitative estimate of drug-likeness (QED) is 0.452. The monoisotopic (exact) mass is 419 g/mol. The van der Waals surface area contributed by atoms with E-state index in [-0.39, 0.29) is 23.8 Å². The standard InChI is InChI=1S/C23H25N5O3/c1-23(2,3)19(11-20(29)30)28-18-8-7-14(22(31)24-4)10-17(18)26-21(28)13-5-6-15-12-25-27-16(15)9-13/h5-10,12,19H,11H2,1-4H3,(H,24,31)(H,25,27)(H,29,30)/t19-/m0/s1. The lowest BCUT2D eigenvalue weighted by Gasteiger charge is -2.32. The second kappa shape index (κ2) is 7.54. The third-order valence-corrected chi connectivity index (χ3v) is 5.56. The number of imidazole rings is 1. The van der Waals surface area contributed by atoms with Crippen molar-refractivity contribution in [2.75, 3.05) is 7.05 Å².